The molecule has 94 valence electrons. The van der Waals surface area contributed by atoms with Crippen molar-refractivity contribution in [3.05, 3.63) is 24.3 Å². The molecule has 0 spiro atoms. The number of hydrogen-bond acceptors (Lipinski definition) is 0. The topological polar surface area (TPSA) is 0 Å². The van der Waals surface area contributed by atoms with E-state index in [1.807, 2.05) is 0 Å². The molecule has 0 saturated heterocycles. The second-order valence-electron chi connectivity index (χ2n) is 4.24. The van der Waals surface area contributed by atoms with Crippen LogP contribution in [-0.4, -0.2) is 5.88 Å². The van der Waals surface area contributed by atoms with E-state index in [0.717, 1.165) is 5.88 Å². The number of allylic oxidation sites excluding steroid dienone is 4. The third-order valence-electron chi connectivity index (χ3n) is 2.61. The van der Waals surface area contributed by atoms with Crippen LogP contribution >= 0.6 is 11.6 Å². The molecule has 0 heterocycles. The van der Waals surface area contributed by atoms with Crippen LogP contribution in [0.4, 0.5) is 0 Å². The number of alkyl halides is 1. The molecule has 0 saturated carbocycles. The van der Waals surface area contributed by atoms with Gasteiger partial charge in [-0.05, 0) is 25.7 Å². The maximum Gasteiger partial charge on any atom is 0.0223 e. The van der Waals surface area contributed by atoms with Gasteiger partial charge >= 0.3 is 0 Å². The highest BCUT2D eigenvalue weighted by molar-refractivity contribution is 6.17. The lowest BCUT2D eigenvalue weighted by molar-refractivity contribution is 0.639. The van der Waals surface area contributed by atoms with Gasteiger partial charge in [-0.15, -0.1) is 11.6 Å². The zero-order chi connectivity index (χ0) is 11.9. The van der Waals surface area contributed by atoms with Gasteiger partial charge in [0.1, 0.15) is 0 Å². The average molecular weight is 243 g/mol. The fourth-order valence-electron chi connectivity index (χ4n) is 1.56. The smallest absolute Gasteiger partial charge is 0.0223 e. The lowest BCUT2D eigenvalue weighted by atomic mass is 10.1. The van der Waals surface area contributed by atoms with E-state index < -0.39 is 0 Å². The van der Waals surface area contributed by atoms with Crippen LogP contribution < -0.4 is 0 Å². The fraction of sp³-hybridized carbons (Fsp3) is 0.733. The molecule has 0 aromatic heterocycles. The summed E-state index contributed by atoms with van der Waals surface area (Å²) in [4.78, 5) is 0. The van der Waals surface area contributed by atoms with Crippen molar-refractivity contribution < 1.29 is 0 Å². The van der Waals surface area contributed by atoms with Crippen LogP contribution in [0.3, 0.4) is 0 Å². The Hall–Kier alpha value is -0.230. The molecule has 0 aliphatic heterocycles. The third-order valence-corrected chi connectivity index (χ3v) is 2.88. The largest absolute Gasteiger partial charge is 0.127 e. The normalized spacial score (nSPS) is 11.9. The Balaban J connectivity index is 3.12. The first kappa shape index (κ1) is 15.8. The molecule has 0 N–H and O–H groups in total. The van der Waals surface area contributed by atoms with E-state index in [0.29, 0.717) is 0 Å². The molecule has 0 rings (SSSR count). The minimum absolute atomic E-state index is 0.822. The van der Waals surface area contributed by atoms with E-state index in [1.165, 1.54) is 57.8 Å². The van der Waals surface area contributed by atoms with Crippen molar-refractivity contribution >= 4 is 11.6 Å². The quantitative estimate of drug-likeness (QED) is 0.242. The molecule has 0 aliphatic carbocycles. The summed E-state index contributed by atoms with van der Waals surface area (Å²) in [5.74, 6) is 0.822. The molecule has 16 heavy (non-hydrogen) atoms. The van der Waals surface area contributed by atoms with E-state index in [9.17, 15) is 0 Å². The third kappa shape index (κ3) is 13.8. The number of halogens is 1. The molecule has 0 atom stereocenters. The van der Waals surface area contributed by atoms with Gasteiger partial charge in [-0.2, -0.15) is 0 Å². The molecule has 0 amide bonds. The highest BCUT2D eigenvalue weighted by Gasteiger charge is 1.87. The molecule has 0 unspecified atom stereocenters. The van der Waals surface area contributed by atoms with Crippen molar-refractivity contribution in [2.75, 3.05) is 5.88 Å². The van der Waals surface area contributed by atoms with Gasteiger partial charge in [-0.3, -0.25) is 0 Å². The van der Waals surface area contributed by atoms with Gasteiger partial charge in [-0.1, -0.05) is 63.3 Å². The summed E-state index contributed by atoms with van der Waals surface area (Å²) in [6, 6.07) is 0. The number of hydrogen-bond donors (Lipinski definition) is 0. The van der Waals surface area contributed by atoms with Crippen molar-refractivity contribution in [1.82, 2.24) is 0 Å². The van der Waals surface area contributed by atoms with Crippen LogP contribution in [0.5, 0.6) is 0 Å². The maximum atomic E-state index is 5.62. The lowest BCUT2D eigenvalue weighted by Gasteiger charge is -1.96. The first-order valence-electron chi connectivity index (χ1n) is 6.79. The fourth-order valence-corrected chi connectivity index (χ4v) is 1.75. The Morgan fingerprint density at radius 3 is 1.94 bits per heavy atom. The van der Waals surface area contributed by atoms with Crippen molar-refractivity contribution in [2.24, 2.45) is 0 Å². The van der Waals surface area contributed by atoms with Gasteiger partial charge in [0.25, 0.3) is 0 Å². The standard InChI is InChI=1S/C15H27Cl/c1-2-3-4-5-6-7-8-9-10-11-12-13-14-15-16/h5-8H,2-4,9-15H2,1H3/b6-5+,8-7+. The summed E-state index contributed by atoms with van der Waals surface area (Å²) in [5, 5.41) is 0. The molecular formula is C15H27Cl. The van der Waals surface area contributed by atoms with E-state index in [4.69, 9.17) is 11.6 Å². The summed E-state index contributed by atoms with van der Waals surface area (Å²) in [6.45, 7) is 2.23. The van der Waals surface area contributed by atoms with Gasteiger partial charge < -0.3 is 0 Å². The highest BCUT2D eigenvalue weighted by Crippen LogP contribution is 2.06. The Labute approximate surface area is 107 Å². The van der Waals surface area contributed by atoms with E-state index >= 15 is 0 Å². The van der Waals surface area contributed by atoms with Crippen LogP contribution in [0, 0.1) is 0 Å². The van der Waals surface area contributed by atoms with Crippen molar-refractivity contribution in [3.8, 4) is 0 Å². The summed E-state index contributed by atoms with van der Waals surface area (Å²) < 4.78 is 0. The summed E-state index contributed by atoms with van der Waals surface area (Å²) >= 11 is 5.62. The first-order chi connectivity index (χ1) is 7.91. The number of unbranched alkanes of at least 4 members (excludes halogenated alkanes) is 7. The molecular weight excluding hydrogens is 216 g/mol. The molecule has 0 radical (unpaired) electrons. The van der Waals surface area contributed by atoms with Crippen molar-refractivity contribution in [1.29, 1.82) is 0 Å². The monoisotopic (exact) mass is 242 g/mol. The van der Waals surface area contributed by atoms with Gasteiger partial charge in [0.15, 0.2) is 0 Å². The summed E-state index contributed by atoms with van der Waals surface area (Å²) in [6.07, 6.45) is 20.4. The van der Waals surface area contributed by atoms with Crippen LogP contribution in [0.25, 0.3) is 0 Å². The molecule has 0 nitrogen and oxygen atoms in total. The zero-order valence-electron chi connectivity index (χ0n) is 10.8. The molecule has 0 fully saturated rings. The first-order valence-corrected chi connectivity index (χ1v) is 7.33. The second-order valence-corrected chi connectivity index (χ2v) is 4.62. The van der Waals surface area contributed by atoms with Crippen molar-refractivity contribution in [3.63, 3.8) is 0 Å². The van der Waals surface area contributed by atoms with Crippen LogP contribution in [0.2, 0.25) is 0 Å². The average Bonchev–Trinajstić information content (AvgIpc) is 2.31. The Morgan fingerprint density at radius 1 is 0.750 bits per heavy atom. The van der Waals surface area contributed by atoms with E-state index in [2.05, 4.69) is 31.2 Å². The van der Waals surface area contributed by atoms with E-state index in [1.54, 1.807) is 0 Å². The van der Waals surface area contributed by atoms with E-state index in [-0.39, 0.29) is 0 Å². The van der Waals surface area contributed by atoms with Crippen molar-refractivity contribution in [2.45, 2.75) is 64.7 Å². The predicted molar refractivity (Wildman–Crippen MR) is 76.2 cm³/mol. The highest BCUT2D eigenvalue weighted by atomic mass is 35.5. The Bertz CT molecular complexity index is 170. The van der Waals surface area contributed by atoms with Crippen LogP contribution in [-0.2, 0) is 0 Å². The van der Waals surface area contributed by atoms with Crippen LogP contribution in [0.1, 0.15) is 64.7 Å². The Kier molecular flexibility index (Phi) is 14.6. The Morgan fingerprint density at radius 2 is 1.31 bits per heavy atom. The minimum atomic E-state index is 0.822. The minimum Gasteiger partial charge on any atom is -0.127 e. The molecule has 0 aromatic carbocycles. The predicted octanol–water partition coefficient (Wildman–Crippen LogP) is 5.87. The van der Waals surface area contributed by atoms with Crippen LogP contribution in [0.15, 0.2) is 24.3 Å². The zero-order valence-corrected chi connectivity index (χ0v) is 11.5. The summed E-state index contributed by atoms with van der Waals surface area (Å²) in [7, 11) is 0. The van der Waals surface area contributed by atoms with Gasteiger partial charge in [0.2, 0.25) is 0 Å². The molecule has 0 aromatic rings. The maximum absolute atomic E-state index is 5.62. The molecule has 1 heteroatoms. The number of rotatable bonds is 11. The second kappa shape index (κ2) is 14.8. The van der Waals surface area contributed by atoms with Gasteiger partial charge in [0.05, 0.1) is 0 Å². The molecule has 0 bridgehead atoms. The molecule has 0 aliphatic rings. The summed E-state index contributed by atoms with van der Waals surface area (Å²) in [5.41, 5.74) is 0. The van der Waals surface area contributed by atoms with Gasteiger partial charge in [0, 0.05) is 5.88 Å². The lowest BCUT2D eigenvalue weighted by Crippen LogP contribution is -1.79. The SMILES string of the molecule is CCCC/C=C/C=C/CCCCCCCCl. The van der Waals surface area contributed by atoms with Gasteiger partial charge in [-0.25, -0.2) is 0 Å².